The van der Waals surface area contributed by atoms with Crippen LogP contribution in [-0.4, -0.2) is 44.1 Å². The Bertz CT molecular complexity index is 720. The standard InChI is InChI=1S/C13H15NO6S2/c1-19-8-6-14(9-10-3-2-7-20-10)22(17,18)12-5-4-11(21-12)13(15)16/h2-5,7H,6,8-9H2,1H3,(H,15,16). The molecule has 2 aromatic rings. The van der Waals surface area contributed by atoms with Crippen LogP contribution in [0, 0.1) is 0 Å². The Morgan fingerprint density at radius 2 is 2.18 bits per heavy atom. The van der Waals surface area contributed by atoms with Gasteiger partial charge in [0, 0.05) is 13.7 Å². The maximum atomic E-state index is 12.6. The third kappa shape index (κ3) is 3.74. The minimum absolute atomic E-state index is 0.0208. The van der Waals surface area contributed by atoms with Crippen LogP contribution < -0.4 is 0 Å². The van der Waals surface area contributed by atoms with Crippen molar-refractivity contribution in [1.29, 1.82) is 0 Å². The van der Waals surface area contributed by atoms with Crippen LogP contribution in [0.25, 0.3) is 0 Å². The first-order chi connectivity index (χ1) is 10.4. The van der Waals surface area contributed by atoms with E-state index in [1.165, 1.54) is 29.8 Å². The molecule has 0 saturated carbocycles. The zero-order valence-corrected chi connectivity index (χ0v) is 13.4. The molecule has 2 heterocycles. The molecule has 9 heteroatoms. The SMILES string of the molecule is COCCN(Cc1ccco1)S(=O)(=O)c1ccc(C(=O)O)s1. The Hall–Kier alpha value is -1.68. The molecule has 0 aromatic carbocycles. The van der Waals surface area contributed by atoms with E-state index < -0.39 is 16.0 Å². The van der Waals surface area contributed by atoms with Gasteiger partial charge in [-0.05, 0) is 24.3 Å². The van der Waals surface area contributed by atoms with Gasteiger partial charge in [0.05, 0.1) is 19.4 Å². The van der Waals surface area contributed by atoms with E-state index in [1.807, 2.05) is 0 Å². The molecule has 120 valence electrons. The number of rotatable bonds is 8. The van der Waals surface area contributed by atoms with E-state index in [9.17, 15) is 13.2 Å². The summed E-state index contributed by atoms with van der Waals surface area (Å²) in [5.74, 6) is -0.657. The van der Waals surface area contributed by atoms with Crippen LogP contribution in [0.4, 0.5) is 0 Å². The number of thiophene rings is 1. The summed E-state index contributed by atoms with van der Waals surface area (Å²) in [5, 5.41) is 8.92. The predicted molar refractivity (Wildman–Crippen MR) is 79.5 cm³/mol. The molecule has 0 aliphatic rings. The summed E-state index contributed by atoms with van der Waals surface area (Å²) in [4.78, 5) is 10.9. The fourth-order valence-electron chi connectivity index (χ4n) is 1.75. The highest BCUT2D eigenvalue weighted by molar-refractivity contribution is 7.91. The van der Waals surface area contributed by atoms with Crippen molar-refractivity contribution in [1.82, 2.24) is 4.31 Å². The van der Waals surface area contributed by atoms with E-state index in [1.54, 1.807) is 12.1 Å². The molecule has 0 amide bonds. The van der Waals surface area contributed by atoms with Gasteiger partial charge >= 0.3 is 5.97 Å². The Labute approximate surface area is 131 Å². The Balaban J connectivity index is 2.28. The molecule has 2 rings (SSSR count). The molecule has 0 spiro atoms. The molecule has 0 unspecified atom stereocenters. The number of methoxy groups -OCH3 is 1. The fourth-order valence-corrected chi connectivity index (χ4v) is 4.44. The van der Waals surface area contributed by atoms with Crippen LogP contribution in [0.15, 0.2) is 39.2 Å². The summed E-state index contributed by atoms with van der Waals surface area (Å²) in [5.41, 5.74) is 0. The van der Waals surface area contributed by atoms with E-state index in [0.29, 0.717) is 5.76 Å². The lowest BCUT2D eigenvalue weighted by atomic mass is 10.4. The van der Waals surface area contributed by atoms with Crippen molar-refractivity contribution in [2.45, 2.75) is 10.8 Å². The van der Waals surface area contributed by atoms with Gasteiger partial charge in [0.2, 0.25) is 0 Å². The number of hydrogen-bond donors (Lipinski definition) is 1. The molecule has 0 saturated heterocycles. The smallest absolute Gasteiger partial charge is 0.345 e. The van der Waals surface area contributed by atoms with Gasteiger partial charge in [0.25, 0.3) is 10.0 Å². The molecule has 0 aliphatic heterocycles. The van der Waals surface area contributed by atoms with Gasteiger partial charge in [-0.1, -0.05) is 0 Å². The fraction of sp³-hybridized carbons (Fsp3) is 0.308. The topological polar surface area (TPSA) is 97.0 Å². The number of carboxylic acids is 1. The maximum Gasteiger partial charge on any atom is 0.345 e. The lowest BCUT2D eigenvalue weighted by Crippen LogP contribution is -2.33. The van der Waals surface area contributed by atoms with Crippen LogP contribution in [0.3, 0.4) is 0 Å². The van der Waals surface area contributed by atoms with Crippen LogP contribution in [0.5, 0.6) is 0 Å². The molecule has 0 atom stereocenters. The highest BCUT2D eigenvalue weighted by Crippen LogP contribution is 2.26. The van der Waals surface area contributed by atoms with Crippen molar-refractivity contribution in [3.05, 3.63) is 41.2 Å². The summed E-state index contributed by atoms with van der Waals surface area (Å²) in [6, 6.07) is 5.92. The number of furan rings is 1. The monoisotopic (exact) mass is 345 g/mol. The Morgan fingerprint density at radius 3 is 2.73 bits per heavy atom. The summed E-state index contributed by atoms with van der Waals surface area (Å²) < 4.78 is 36.6. The number of ether oxygens (including phenoxy) is 1. The highest BCUT2D eigenvalue weighted by atomic mass is 32.2. The molecule has 0 fully saturated rings. The molecule has 0 radical (unpaired) electrons. The van der Waals surface area contributed by atoms with Crippen LogP contribution in [-0.2, 0) is 21.3 Å². The molecule has 2 aromatic heterocycles. The van der Waals surface area contributed by atoms with Gasteiger partial charge in [-0.25, -0.2) is 13.2 Å². The molecular formula is C13H15NO6S2. The average Bonchev–Trinajstić information content (AvgIpc) is 3.14. The van der Waals surface area contributed by atoms with E-state index in [0.717, 1.165) is 11.3 Å². The zero-order chi connectivity index (χ0) is 16.2. The first kappa shape index (κ1) is 16.7. The number of nitrogens with zero attached hydrogens (tertiary/aromatic N) is 1. The van der Waals surface area contributed by atoms with E-state index in [4.69, 9.17) is 14.3 Å². The first-order valence-electron chi connectivity index (χ1n) is 6.29. The van der Waals surface area contributed by atoms with Gasteiger partial charge < -0.3 is 14.3 Å². The van der Waals surface area contributed by atoms with Crippen LogP contribution >= 0.6 is 11.3 Å². The number of carbonyl (C=O) groups is 1. The van der Waals surface area contributed by atoms with Crippen molar-refractivity contribution in [2.75, 3.05) is 20.3 Å². The summed E-state index contributed by atoms with van der Waals surface area (Å²) >= 11 is 0.722. The van der Waals surface area contributed by atoms with Crippen molar-refractivity contribution in [3.63, 3.8) is 0 Å². The van der Waals surface area contributed by atoms with Gasteiger partial charge in [-0.15, -0.1) is 11.3 Å². The van der Waals surface area contributed by atoms with Crippen LogP contribution in [0.2, 0.25) is 0 Å². The summed E-state index contributed by atoms with van der Waals surface area (Å²) in [7, 11) is -2.34. The molecule has 0 aliphatic carbocycles. The van der Waals surface area contributed by atoms with E-state index >= 15 is 0 Å². The molecule has 7 nitrogen and oxygen atoms in total. The molecule has 22 heavy (non-hydrogen) atoms. The normalized spacial score (nSPS) is 11.9. The zero-order valence-electron chi connectivity index (χ0n) is 11.8. The number of hydrogen-bond acceptors (Lipinski definition) is 6. The second-order valence-corrected chi connectivity index (χ2v) is 7.58. The largest absolute Gasteiger partial charge is 0.477 e. The number of sulfonamides is 1. The van der Waals surface area contributed by atoms with Gasteiger partial charge in [0.1, 0.15) is 14.8 Å². The van der Waals surface area contributed by atoms with Gasteiger partial charge in [-0.2, -0.15) is 4.31 Å². The summed E-state index contributed by atoms with van der Waals surface area (Å²) in [6.45, 7) is 0.413. The minimum Gasteiger partial charge on any atom is -0.477 e. The third-order valence-electron chi connectivity index (χ3n) is 2.84. The lowest BCUT2D eigenvalue weighted by Gasteiger charge is -2.19. The number of carboxylic acid groups (broad SMARTS) is 1. The maximum absolute atomic E-state index is 12.6. The van der Waals surface area contributed by atoms with Gasteiger partial charge in [-0.3, -0.25) is 0 Å². The van der Waals surface area contributed by atoms with E-state index in [-0.39, 0.29) is 28.8 Å². The molecule has 0 bridgehead atoms. The Morgan fingerprint density at radius 1 is 1.41 bits per heavy atom. The quantitative estimate of drug-likeness (QED) is 0.784. The highest BCUT2D eigenvalue weighted by Gasteiger charge is 2.27. The van der Waals surface area contributed by atoms with Crippen molar-refractivity contribution < 1.29 is 27.5 Å². The Kier molecular flexibility index (Phi) is 5.35. The van der Waals surface area contributed by atoms with Gasteiger partial charge in [0.15, 0.2) is 0 Å². The second kappa shape index (κ2) is 7.05. The first-order valence-corrected chi connectivity index (χ1v) is 8.55. The van der Waals surface area contributed by atoms with Crippen molar-refractivity contribution in [2.24, 2.45) is 0 Å². The molecule has 1 N–H and O–H groups in total. The molecular weight excluding hydrogens is 330 g/mol. The average molecular weight is 345 g/mol. The lowest BCUT2D eigenvalue weighted by molar-refractivity contribution is 0.0702. The number of aromatic carboxylic acids is 1. The van der Waals surface area contributed by atoms with Crippen molar-refractivity contribution in [3.8, 4) is 0 Å². The predicted octanol–water partition coefficient (Wildman–Crippen LogP) is 1.88. The van der Waals surface area contributed by atoms with Crippen LogP contribution in [0.1, 0.15) is 15.4 Å². The van der Waals surface area contributed by atoms with Crippen molar-refractivity contribution >= 4 is 27.3 Å². The third-order valence-corrected chi connectivity index (χ3v) is 6.23. The second-order valence-electron chi connectivity index (χ2n) is 4.33. The summed E-state index contributed by atoms with van der Waals surface area (Å²) in [6.07, 6.45) is 1.46. The minimum atomic E-state index is -3.81. The van der Waals surface area contributed by atoms with E-state index in [2.05, 4.69) is 0 Å².